The van der Waals surface area contributed by atoms with Crippen LogP contribution in [0, 0.1) is 0 Å². The molecule has 2 N–H and O–H groups in total. The van der Waals surface area contributed by atoms with Crippen molar-refractivity contribution in [3.63, 3.8) is 0 Å². The Morgan fingerprint density at radius 3 is 1.35 bits per heavy atom. The first-order valence-corrected chi connectivity index (χ1v) is 11.2. The summed E-state index contributed by atoms with van der Waals surface area (Å²) in [6.45, 7) is 0. The predicted molar refractivity (Wildman–Crippen MR) is 89.6 cm³/mol. The lowest BCUT2D eigenvalue weighted by Crippen LogP contribution is -2.37. The molecule has 16 nitrogen and oxygen atoms in total. The zero-order valence-corrected chi connectivity index (χ0v) is 16.8. The Bertz CT molecular complexity index is 978. The molecule has 0 aromatic heterocycles. The van der Waals surface area contributed by atoms with Crippen LogP contribution in [0.5, 0.6) is 0 Å². The van der Waals surface area contributed by atoms with Crippen molar-refractivity contribution in [2.45, 2.75) is 42.6 Å². The fourth-order valence-electron chi connectivity index (χ4n) is 2.49. The first-order chi connectivity index (χ1) is 14.1. The summed E-state index contributed by atoms with van der Waals surface area (Å²) in [5.74, 6) is -7.80. The molecule has 2 aliphatic heterocycles. The normalized spacial score (nSPS) is 22.3. The van der Waals surface area contributed by atoms with E-state index in [0.717, 1.165) is 0 Å². The maximum atomic E-state index is 11.7. The molecule has 2 aliphatic rings. The van der Waals surface area contributed by atoms with Gasteiger partial charge < -0.3 is 9.68 Å². The smallest absolute Gasteiger partial charge is 0.330 e. The second-order valence-corrected chi connectivity index (χ2v) is 9.45. The van der Waals surface area contributed by atoms with Crippen molar-refractivity contribution in [1.29, 1.82) is 0 Å². The molecule has 0 aromatic carbocycles. The molecule has 2 unspecified atom stereocenters. The Kier molecular flexibility index (Phi) is 6.78. The van der Waals surface area contributed by atoms with Gasteiger partial charge >= 0.3 is 11.9 Å². The van der Waals surface area contributed by atoms with Crippen molar-refractivity contribution < 1.29 is 64.4 Å². The van der Waals surface area contributed by atoms with Crippen molar-refractivity contribution in [2.75, 3.05) is 0 Å². The van der Waals surface area contributed by atoms with Gasteiger partial charge in [0.15, 0.2) is 10.5 Å². The largest absolute Gasteiger partial charge is 0.333 e. The van der Waals surface area contributed by atoms with Crippen molar-refractivity contribution in [2.24, 2.45) is 0 Å². The Labute approximate surface area is 173 Å². The predicted octanol–water partition coefficient (Wildman–Crippen LogP) is -2.90. The number of rotatable bonds is 8. The van der Waals surface area contributed by atoms with Gasteiger partial charge in [0.1, 0.15) is 0 Å². The number of nitrogens with zero attached hydrogens (tertiary/aromatic N) is 2. The SMILES string of the molecule is O=C(CCCC(=O)ON1C(=O)CC(S(=O)(=O)O)C1=O)ON1C(=O)CC(S(=O)(=O)O)C1=O. The zero-order valence-electron chi connectivity index (χ0n) is 15.2. The molecule has 2 rings (SSSR count). The van der Waals surface area contributed by atoms with E-state index in [-0.39, 0.29) is 16.5 Å². The van der Waals surface area contributed by atoms with E-state index in [1.807, 2.05) is 0 Å². The lowest BCUT2D eigenvalue weighted by Gasteiger charge is -2.14. The van der Waals surface area contributed by atoms with Gasteiger partial charge in [-0.1, -0.05) is 0 Å². The van der Waals surface area contributed by atoms with Crippen LogP contribution in [0.2, 0.25) is 0 Å². The highest BCUT2D eigenvalue weighted by Gasteiger charge is 2.49. The van der Waals surface area contributed by atoms with E-state index in [4.69, 9.17) is 9.11 Å². The summed E-state index contributed by atoms with van der Waals surface area (Å²) in [6, 6.07) is 0. The Morgan fingerprint density at radius 2 is 1.10 bits per heavy atom. The number of carbonyl (C=O) groups excluding carboxylic acids is 6. The van der Waals surface area contributed by atoms with Gasteiger partial charge in [-0.25, -0.2) is 9.59 Å². The molecule has 2 atom stereocenters. The van der Waals surface area contributed by atoms with Crippen LogP contribution >= 0.6 is 0 Å². The minimum absolute atomic E-state index is 0.129. The molecular formula is C13H14N2O14S2. The van der Waals surface area contributed by atoms with Gasteiger partial charge in [-0.15, -0.1) is 10.1 Å². The molecule has 31 heavy (non-hydrogen) atoms. The lowest BCUT2D eigenvalue weighted by molar-refractivity contribution is -0.199. The van der Waals surface area contributed by atoms with Gasteiger partial charge in [-0.3, -0.25) is 28.3 Å². The topological polar surface area (TPSA) is 236 Å². The second-order valence-electron chi connectivity index (χ2n) is 6.25. The van der Waals surface area contributed by atoms with Crippen LogP contribution in [0.3, 0.4) is 0 Å². The summed E-state index contributed by atoms with van der Waals surface area (Å²) in [5.41, 5.74) is 0. The molecule has 0 radical (unpaired) electrons. The molecule has 0 bridgehead atoms. The van der Waals surface area contributed by atoms with Gasteiger partial charge in [0.25, 0.3) is 43.9 Å². The van der Waals surface area contributed by atoms with Crippen molar-refractivity contribution in [3.8, 4) is 0 Å². The van der Waals surface area contributed by atoms with Crippen LogP contribution in [0.25, 0.3) is 0 Å². The highest BCUT2D eigenvalue weighted by Crippen LogP contribution is 2.21. The third kappa shape index (κ3) is 5.60. The van der Waals surface area contributed by atoms with Crippen LogP contribution in [-0.4, -0.2) is 82.1 Å². The molecule has 2 heterocycles. The standard InChI is InChI=1S/C13H14N2O14S2/c16-8-4-6(30(22,23)24)12(20)14(8)28-10(18)2-1-3-11(19)29-15-9(17)5-7(13(15)21)31(25,26)27/h6-7H,1-5H2,(H,22,23,24)(H,25,26,27). The molecular weight excluding hydrogens is 472 g/mol. The van der Waals surface area contributed by atoms with Crippen LogP contribution in [0.1, 0.15) is 32.1 Å². The van der Waals surface area contributed by atoms with E-state index in [2.05, 4.69) is 9.68 Å². The summed E-state index contributed by atoms with van der Waals surface area (Å²) in [5, 5.41) is -4.47. The number of carbonyl (C=O) groups is 6. The molecule has 18 heteroatoms. The fraction of sp³-hybridized carbons (Fsp3) is 0.538. The number of hydroxylamine groups is 4. The Morgan fingerprint density at radius 1 is 0.774 bits per heavy atom. The molecule has 0 saturated carbocycles. The second kappa shape index (κ2) is 8.65. The van der Waals surface area contributed by atoms with Crippen LogP contribution in [0.4, 0.5) is 0 Å². The Hall–Kier alpha value is -2.96. The molecule has 2 fully saturated rings. The van der Waals surface area contributed by atoms with Gasteiger partial charge in [0.05, 0.1) is 12.8 Å². The summed E-state index contributed by atoms with van der Waals surface area (Å²) in [7, 11) is -9.79. The van der Waals surface area contributed by atoms with E-state index >= 15 is 0 Å². The van der Waals surface area contributed by atoms with E-state index in [9.17, 15) is 45.6 Å². The Balaban J connectivity index is 1.82. The highest BCUT2D eigenvalue weighted by molar-refractivity contribution is 7.87. The number of amides is 4. The third-order valence-corrected chi connectivity index (χ3v) is 6.17. The van der Waals surface area contributed by atoms with Crippen molar-refractivity contribution in [1.82, 2.24) is 10.1 Å². The number of imide groups is 2. The summed E-state index contributed by atoms with van der Waals surface area (Å²) < 4.78 is 61.7. The van der Waals surface area contributed by atoms with E-state index in [1.165, 1.54) is 0 Å². The number of hydrogen-bond acceptors (Lipinski definition) is 12. The fourth-order valence-corrected chi connectivity index (χ4v) is 3.90. The maximum absolute atomic E-state index is 11.7. The summed E-state index contributed by atoms with van der Waals surface area (Å²) >= 11 is 0. The van der Waals surface area contributed by atoms with E-state index in [0.29, 0.717) is 0 Å². The molecule has 0 spiro atoms. The average Bonchev–Trinajstić information content (AvgIpc) is 3.06. The minimum Gasteiger partial charge on any atom is -0.330 e. The maximum Gasteiger partial charge on any atom is 0.333 e. The monoisotopic (exact) mass is 486 g/mol. The molecule has 0 aromatic rings. The van der Waals surface area contributed by atoms with Gasteiger partial charge in [0.2, 0.25) is 0 Å². The van der Waals surface area contributed by atoms with Gasteiger partial charge in [-0.05, 0) is 6.42 Å². The zero-order chi connectivity index (χ0) is 23.7. The van der Waals surface area contributed by atoms with Crippen LogP contribution in [0.15, 0.2) is 0 Å². The molecule has 2 saturated heterocycles. The summed E-state index contributed by atoms with van der Waals surface area (Å²) in [6.07, 6.45) is -3.40. The van der Waals surface area contributed by atoms with Gasteiger partial charge in [-0.2, -0.15) is 16.8 Å². The van der Waals surface area contributed by atoms with E-state index < -0.39 is 92.0 Å². The van der Waals surface area contributed by atoms with Gasteiger partial charge in [0, 0.05) is 12.8 Å². The quantitative estimate of drug-likeness (QED) is 0.259. The van der Waals surface area contributed by atoms with Crippen molar-refractivity contribution >= 4 is 55.8 Å². The molecule has 172 valence electrons. The first kappa shape index (κ1) is 24.3. The van der Waals surface area contributed by atoms with Crippen LogP contribution < -0.4 is 0 Å². The van der Waals surface area contributed by atoms with E-state index in [1.54, 1.807) is 0 Å². The average molecular weight is 486 g/mol. The first-order valence-electron chi connectivity index (χ1n) is 8.20. The number of hydrogen-bond donors (Lipinski definition) is 2. The molecule has 0 aliphatic carbocycles. The third-order valence-electron chi connectivity index (χ3n) is 3.99. The highest BCUT2D eigenvalue weighted by atomic mass is 32.2. The van der Waals surface area contributed by atoms with Crippen LogP contribution in [-0.2, 0) is 58.7 Å². The minimum atomic E-state index is -4.89. The molecule has 4 amide bonds. The van der Waals surface area contributed by atoms with Crippen molar-refractivity contribution in [3.05, 3.63) is 0 Å². The summed E-state index contributed by atoms with van der Waals surface area (Å²) in [4.78, 5) is 78.8. The lowest BCUT2D eigenvalue weighted by atomic mass is 10.2.